The van der Waals surface area contributed by atoms with Gasteiger partial charge >= 0.3 is 0 Å². The quantitative estimate of drug-likeness (QED) is 0.517. The molecule has 0 spiro atoms. The Morgan fingerprint density at radius 2 is 1.90 bits per heavy atom. The Hall–Kier alpha value is -2.99. The number of aryl methyl sites for hydroxylation is 1. The number of aromatic nitrogens is 1. The van der Waals surface area contributed by atoms with Crippen molar-refractivity contribution in [1.82, 2.24) is 4.98 Å². The van der Waals surface area contributed by atoms with Gasteiger partial charge in [-0.3, -0.25) is 9.78 Å². The minimum Gasteiger partial charge on any atom is -0.491 e. The number of methoxy groups -OCH3 is 1. The van der Waals surface area contributed by atoms with Crippen molar-refractivity contribution in [2.24, 2.45) is 0 Å². The van der Waals surface area contributed by atoms with Gasteiger partial charge in [0.1, 0.15) is 0 Å². The molecule has 0 fully saturated rings. The summed E-state index contributed by atoms with van der Waals surface area (Å²) in [5, 5.41) is 0. The van der Waals surface area contributed by atoms with Crippen LogP contribution in [0.2, 0.25) is 0 Å². The minimum atomic E-state index is -0.0544. The van der Waals surface area contributed by atoms with E-state index < -0.39 is 0 Å². The van der Waals surface area contributed by atoms with Gasteiger partial charge in [0.05, 0.1) is 19.0 Å². The Morgan fingerprint density at radius 3 is 2.73 bits per heavy atom. The summed E-state index contributed by atoms with van der Waals surface area (Å²) in [7, 11) is 1.57. The molecule has 0 unspecified atom stereocenters. The normalized spacial score (nSPS) is 12.9. The second-order valence-corrected chi connectivity index (χ2v) is 8.04. The van der Waals surface area contributed by atoms with Crippen LogP contribution in [0, 0.1) is 0 Å². The van der Waals surface area contributed by atoms with Gasteiger partial charge in [0.25, 0.3) is 5.91 Å². The summed E-state index contributed by atoms with van der Waals surface area (Å²) in [6.45, 7) is 0.672. The van der Waals surface area contributed by atoms with E-state index in [2.05, 4.69) is 23.2 Å². The number of anilines is 1. The maximum Gasteiger partial charge on any atom is 0.264 e. The van der Waals surface area contributed by atoms with Crippen molar-refractivity contribution in [2.45, 2.75) is 23.5 Å². The summed E-state index contributed by atoms with van der Waals surface area (Å²) in [5.41, 5.74) is 3.06. The fourth-order valence-corrected chi connectivity index (χ4v) is 4.32. The van der Waals surface area contributed by atoms with Crippen molar-refractivity contribution < 1.29 is 14.3 Å². The second kappa shape index (κ2) is 9.67. The number of carbonyl (C=O) groups is 1. The highest BCUT2D eigenvalue weighted by Gasteiger charge is 2.23. The van der Waals surface area contributed by atoms with Crippen molar-refractivity contribution in [3.63, 3.8) is 0 Å². The highest BCUT2D eigenvalue weighted by molar-refractivity contribution is 7.98. The van der Waals surface area contributed by atoms with E-state index in [9.17, 15) is 4.79 Å². The standard InChI is InChI=1S/C24H24N2O3S/c1-28-23-15-25-19(17-30-20-10-3-2-4-11-20)14-22(23)29-16-24(27)26-13-7-9-18-8-5-6-12-21(18)26/h2-6,8,10-12,14-15H,7,9,13,16-17H2,1H3. The third kappa shape index (κ3) is 4.76. The van der Waals surface area contributed by atoms with Crippen LogP contribution >= 0.6 is 11.8 Å². The number of para-hydroxylation sites is 1. The topological polar surface area (TPSA) is 51.7 Å². The van der Waals surface area contributed by atoms with Crippen molar-refractivity contribution in [3.8, 4) is 11.5 Å². The van der Waals surface area contributed by atoms with Crippen LogP contribution in [0.5, 0.6) is 11.5 Å². The molecule has 0 atom stereocenters. The summed E-state index contributed by atoms with van der Waals surface area (Å²) in [6, 6.07) is 20.1. The van der Waals surface area contributed by atoms with Crippen LogP contribution in [0.25, 0.3) is 0 Å². The highest BCUT2D eigenvalue weighted by atomic mass is 32.2. The molecular weight excluding hydrogens is 396 g/mol. The van der Waals surface area contributed by atoms with E-state index in [4.69, 9.17) is 9.47 Å². The van der Waals surface area contributed by atoms with Crippen molar-refractivity contribution in [3.05, 3.63) is 78.1 Å². The summed E-state index contributed by atoms with van der Waals surface area (Å²) < 4.78 is 11.3. The third-order valence-electron chi connectivity index (χ3n) is 5.00. The molecule has 0 aliphatic carbocycles. The molecular formula is C24H24N2O3S. The number of carbonyl (C=O) groups excluding carboxylic acids is 1. The van der Waals surface area contributed by atoms with Gasteiger partial charge < -0.3 is 14.4 Å². The van der Waals surface area contributed by atoms with Gasteiger partial charge in [0.2, 0.25) is 0 Å². The molecule has 4 rings (SSSR count). The van der Waals surface area contributed by atoms with Crippen LogP contribution < -0.4 is 14.4 Å². The molecule has 30 heavy (non-hydrogen) atoms. The van der Waals surface area contributed by atoms with E-state index in [-0.39, 0.29) is 12.5 Å². The van der Waals surface area contributed by atoms with Crippen molar-refractivity contribution in [1.29, 1.82) is 0 Å². The number of nitrogens with zero attached hydrogens (tertiary/aromatic N) is 2. The van der Waals surface area contributed by atoms with Gasteiger partial charge in [-0.1, -0.05) is 36.4 Å². The number of hydrogen-bond donors (Lipinski definition) is 0. The van der Waals surface area contributed by atoms with E-state index in [1.54, 1.807) is 25.1 Å². The van der Waals surface area contributed by atoms with Crippen LogP contribution in [0.15, 0.2) is 71.8 Å². The monoisotopic (exact) mass is 420 g/mol. The summed E-state index contributed by atoms with van der Waals surface area (Å²) in [6.07, 6.45) is 3.61. The maximum atomic E-state index is 12.9. The Bertz CT molecular complexity index is 1010. The number of rotatable bonds is 7. The molecule has 1 aliphatic rings. The zero-order chi connectivity index (χ0) is 20.8. The first kappa shape index (κ1) is 20.3. The van der Waals surface area contributed by atoms with Gasteiger partial charge in [-0.25, -0.2) is 0 Å². The first-order chi connectivity index (χ1) is 14.7. The van der Waals surface area contributed by atoms with Gasteiger partial charge in [0.15, 0.2) is 18.1 Å². The number of pyridine rings is 1. The Morgan fingerprint density at radius 1 is 1.10 bits per heavy atom. The molecule has 0 bridgehead atoms. The molecule has 0 radical (unpaired) electrons. The average Bonchev–Trinajstić information content (AvgIpc) is 2.81. The molecule has 1 aromatic heterocycles. The Kier molecular flexibility index (Phi) is 6.54. The molecule has 0 saturated carbocycles. The minimum absolute atomic E-state index is 0.0417. The van der Waals surface area contributed by atoms with Crippen molar-refractivity contribution >= 4 is 23.4 Å². The highest BCUT2D eigenvalue weighted by Crippen LogP contribution is 2.30. The molecule has 154 valence electrons. The van der Waals surface area contributed by atoms with Crippen LogP contribution in [0.3, 0.4) is 0 Å². The SMILES string of the molecule is COc1cnc(CSc2ccccc2)cc1OCC(=O)N1CCCc2ccccc21. The van der Waals surface area contributed by atoms with Gasteiger partial charge in [-0.05, 0) is 36.6 Å². The van der Waals surface area contributed by atoms with Gasteiger partial charge in [-0.2, -0.15) is 0 Å². The fraction of sp³-hybridized carbons (Fsp3) is 0.250. The molecule has 5 nitrogen and oxygen atoms in total. The first-order valence-corrected chi connectivity index (χ1v) is 10.9. The van der Waals surface area contributed by atoms with Gasteiger partial charge in [-0.15, -0.1) is 11.8 Å². The number of benzene rings is 2. The molecule has 1 aliphatic heterocycles. The Balaban J connectivity index is 1.43. The lowest BCUT2D eigenvalue weighted by molar-refractivity contribution is -0.120. The lowest BCUT2D eigenvalue weighted by Gasteiger charge is -2.29. The predicted molar refractivity (Wildman–Crippen MR) is 119 cm³/mol. The molecule has 0 saturated heterocycles. The lowest BCUT2D eigenvalue weighted by atomic mass is 10.0. The van der Waals surface area contributed by atoms with Crippen LogP contribution in [-0.4, -0.2) is 31.2 Å². The van der Waals surface area contributed by atoms with Gasteiger partial charge in [0, 0.05) is 28.9 Å². The molecule has 2 aromatic carbocycles. The first-order valence-electron chi connectivity index (χ1n) is 9.96. The third-order valence-corrected chi connectivity index (χ3v) is 6.05. The maximum absolute atomic E-state index is 12.9. The van der Waals surface area contributed by atoms with E-state index >= 15 is 0 Å². The van der Waals surface area contributed by atoms with E-state index in [1.165, 1.54) is 10.5 Å². The summed E-state index contributed by atoms with van der Waals surface area (Å²) >= 11 is 1.70. The zero-order valence-corrected chi connectivity index (χ0v) is 17.7. The largest absolute Gasteiger partial charge is 0.491 e. The average molecular weight is 421 g/mol. The summed E-state index contributed by atoms with van der Waals surface area (Å²) in [4.78, 5) is 20.3. The number of fused-ring (bicyclic) bond motifs is 1. The molecule has 0 N–H and O–H groups in total. The van der Waals surface area contributed by atoms with Crippen LogP contribution in [0.4, 0.5) is 5.69 Å². The lowest BCUT2D eigenvalue weighted by Crippen LogP contribution is -2.38. The van der Waals surface area contributed by atoms with Crippen LogP contribution in [0.1, 0.15) is 17.7 Å². The number of thioether (sulfide) groups is 1. The van der Waals surface area contributed by atoms with E-state index in [0.29, 0.717) is 23.8 Å². The number of amides is 1. The van der Waals surface area contributed by atoms with Crippen molar-refractivity contribution in [2.75, 3.05) is 25.2 Å². The van der Waals surface area contributed by atoms with Crippen LogP contribution in [-0.2, 0) is 17.0 Å². The summed E-state index contributed by atoms with van der Waals surface area (Å²) in [5.74, 6) is 1.71. The zero-order valence-electron chi connectivity index (χ0n) is 16.9. The molecule has 1 amide bonds. The fourth-order valence-electron chi connectivity index (χ4n) is 3.49. The van der Waals surface area contributed by atoms with E-state index in [1.807, 2.05) is 47.4 Å². The smallest absolute Gasteiger partial charge is 0.264 e. The Labute approximate surface area is 181 Å². The molecule has 2 heterocycles. The molecule has 3 aromatic rings. The van der Waals surface area contributed by atoms with E-state index in [0.717, 1.165) is 24.2 Å². The predicted octanol–water partition coefficient (Wildman–Crippen LogP) is 4.74. The second-order valence-electron chi connectivity index (χ2n) is 6.99. The molecule has 6 heteroatoms. The number of ether oxygens (including phenoxy) is 2. The number of hydrogen-bond acceptors (Lipinski definition) is 5.